The second-order valence-electron chi connectivity index (χ2n) is 7.44. The Morgan fingerprint density at radius 1 is 1.16 bits per heavy atom. The van der Waals surface area contributed by atoms with Crippen LogP contribution in [0.2, 0.25) is 0 Å². The summed E-state index contributed by atoms with van der Waals surface area (Å²) in [7, 11) is 0. The van der Waals surface area contributed by atoms with Crippen molar-refractivity contribution in [1.29, 1.82) is 0 Å². The third-order valence-corrected chi connectivity index (χ3v) is 5.37. The average molecular weight is 415 g/mol. The molecule has 4 aromatic rings. The highest BCUT2D eigenvalue weighted by Gasteiger charge is 2.22. The number of para-hydroxylation sites is 2. The van der Waals surface area contributed by atoms with Gasteiger partial charge in [0.1, 0.15) is 17.0 Å². The number of hydrogen-bond donors (Lipinski definition) is 2. The van der Waals surface area contributed by atoms with Crippen LogP contribution in [0.15, 0.2) is 65.6 Å². The SMILES string of the molecule is O=C(CCc1nc2c(cnn2-c2ccccc2)c(=O)[nH]1)N[C@H]1CCOc2ccccc21. The van der Waals surface area contributed by atoms with E-state index < -0.39 is 0 Å². The van der Waals surface area contributed by atoms with Crippen LogP contribution in [0.1, 0.15) is 30.3 Å². The molecule has 8 heteroatoms. The van der Waals surface area contributed by atoms with Gasteiger partial charge in [-0.15, -0.1) is 0 Å². The lowest BCUT2D eigenvalue weighted by molar-refractivity contribution is -0.122. The predicted octanol–water partition coefficient (Wildman–Crippen LogP) is 2.68. The van der Waals surface area contributed by atoms with E-state index in [1.807, 2.05) is 54.6 Å². The molecule has 31 heavy (non-hydrogen) atoms. The molecule has 0 spiro atoms. The summed E-state index contributed by atoms with van der Waals surface area (Å²) in [4.78, 5) is 32.4. The predicted molar refractivity (Wildman–Crippen MR) is 115 cm³/mol. The lowest BCUT2D eigenvalue weighted by atomic mass is 10.0. The van der Waals surface area contributed by atoms with Crippen LogP contribution in [0.5, 0.6) is 5.75 Å². The Kier molecular flexibility index (Phi) is 4.95. The van der Waals surface area contributed by atoms with Crippen molar-refractivity contribution in [2.24, 2.45) is 0 Å². The monoisotopic (exact) mass is 415 g/mol. The van der Waals surface area contributed by atoms with E-state index in [1.165, 1.54) is 6.20 Å². The van der Waals surface area contributed by atoms with E-state index in [2.05, 4.69) is 20.4 Å². The number of aromatic amines is 1. The minimum absolute atomic E-state index is 0.0774. The molecule has 0 aliphatic carbocycles. The van der Waals surface area contributed by atoms with Crippen molar-refractivity contribution in [3.8, 4) is 11.4 Å². The number of carbonyl (C=O) groups excluding carboxylic acids is 1. The first-order valence-electron chi connectivity index (χ1n) is 10.2. The topological polar surface area (TPSA) is 102 Å². The first-order chi connectivity index (χ1) is 15.2. The van der Waals surface area contributed by atoms with Crippen molar-refractivity contribution < 1.29 is 9.53 Å². The summed E-state index contributed by atoms with van der Waals surface area (Å²) in [6, 6.07) is 17.2. The van der Waals surface area contributed by atoms with Crippen LogP contribution in [0.25, 0.3) is 16.7 Å². The molecule has 2 N–H and O–H groups in total. The summed E-state index contributed by atoms with van der Waals surface area (Å²) in [6.07, 6.45) is 2.77. The second-order valence-corrected chi connectivity index (χ2v) is 7.44. The molecule has 0 fully saturated rings. The van der Waals surface area contributed by atoms with E-state index in [0.717, 1.165) is 23.4 Å². The molecule has 5 rings (SSSR count). The molecule has 0 bridgehead atoms. The summed E-state index contributed by atoms with van der Waals surface area (Å²) >= 11 is 0. The normalized spacial score (nSPS) is 15.3. The maximum absolute atomic E-state index is 12.6. The van der Waals surface area contributed by atoms with Gasteiger partial charge in [-0.3, -0.25) is 9.59 Å². The van der Waals surface area contributed by atoms with Crippen LogP contribution < -0.4 is 15.6 Å². The molecule has 1 atom stereocenters. The van der Waals surface area contributed by atoms with Gasteiger partial charge < -0.3 is 15.0 Å². The van der Waals surface area contributed by atoms with Gasteiger partial charge in [0.25, 0.3) is 5.56 Å². The van der Waals surface area contributed by atoms with E-state index in [-0.39, 0.29) is 23.9 Å². The number of nitrogens with one attached hydrogen (secondary N) is 2. The van der Waals surface area contributed by atoms with Gasteiger partial charge in [0.05, 0.1) is 24.5 Å². The summed E-state index contributed by atoms with van der Waals surface area (Å²) in [5, 5.41) is 7.79. The van der Waals surface area contributed by atoms with Crippen molar-refractivity contribution in [2.45, 2.75) is 25.3 Å². The lowest BCUT2D eigenvalue weighted by Crippen LogP contribution is -2.32. The number of amides is 1. The molecule has 8 nitrogen and oxygen atoms in total. The molecule has 1 aliphatic heterocycles. The maximum Gasteiger partial charge on any atom is 0.262 e. The van der Waals surface area contributed by atoms with Crippen molar-refractivity contribution >= 4 is 16.9 Å². The zero-order valence-electron chi connectivity index (χ0n) is 16.7. The molecule has 156 valence electrons. The summed E-state index contributed by atoms with van der Waals surface area (Å²) in [5.74, 6) is 1.17. The Morgan fingerprint density at radius 3 is 2.84 bits per heavy atom. The summed E-state index contributed by atoms with van der Waals surface area (Å²) < 4.78 is 7.28. The molecule has 2 aromatic heterocycles. The molecule has 1 amide bonds. The molecule has 0 saturated heterocycles. The number of carbonyl (C=O) groups is 1. The van der Waals surface area contributed by atoms with E-state index in [1.54, 1.807) is 4.68 Å². The fourth-order valence-corrected chi connectivity index (χ4v) is 3.83. The third kappa shape index (κ3) is 3.79. The first-order valence-corrected chi connectivity index (χ1v) is 10.2. The number of ether oxygens (including phenoxy) is 1. The Bertz CT molecular complexity index is 1300. The minimum Gasteiger partial charge on any atom is -0.493 e. The zero-order chi connectivity index (χ0) is 21.2. The highest BCUT2D eigenvalue weighted by Crippen LogP contribution is 2.31. The molecule has 1 aliphatic rings. The first kappa shape index (κ1) is 19.0. The standard InChI is InChI=1S/C23H21N5O3/c29-21(25-18-12-13-31-19-9-5-4-8-16(18)19)11-10-20-26-22-17(23(30)27-20)14-24-28(22)15-6-2-1-3-7-15/h1-9,14,18H,10-13H2,(H,25,29)(H,26,27,30)/t18-/m0/s1. The van der Waals surface area contributed by atoms with Crippen molar-refractivity contribution in [2.75, 3.05) is 6.61 Å². The molecule has 0 saturated carbocycles. The fraction of sp³-hybridized carbons (Fsp3) is 0.217. The Labute approximate surface area is 177 Å². The Hall–Kier alpha value is -3.94. The van der Waals surface area contributed by atoms with Crippen LogP contribution in [0, 0.1) is 0 Å². The molecule has 0 unspecified atom stereocenters. The van der Waals surface area contributed by atoms with Crippen LogP contribution in [-0.2, 0) is 11.2 Å². The summed E-state index contributed by atoms with van der Waals surface area (Å²) in [6.45, 7) is 0.566. The average Bonchev–Trinajstić information content (AvgIpc) is 3.23. The number of fused-ring (bicyclic) bond motifs is 2. The number of hydrogen-bond acceptors (Lipinski definition) is 5. The smallest absolute Gasteiger partial charge is 0.262 e. The van der Waals surface area contributed by atoms with Crippen LogP contribution in [0.4, 0.5) is 0 Å². The molecular weight excluding hydrogens is 394 g/mol. The largest absolute Gasteiger partial charge is 0.493 e. The third-order valence-electron chi connectivity index (χ3n) is 5.37. The Morgan fingerprint density at radius 2 is 1.97 bits per heavy atom. The molecule has 0 radical (unpaired) electrons. The van der Waals surface area contributed by atoms with Crippen molar-refractivity contribution in [3.63, 3.8) is 0 Å². The van der Waals surface area contributed by atoms with E-state index >= 15 is 0 Å². The quantitative estimate of drug-likeness (QED) is 0.522. The lowest BCUT2D eigenvalue weighted by Gasteiger charge is -2.26. The Balaban J connectivity index is 1.32. The maximum atomic E-state index is 12.6. The fourth-order valence-electron chi connectivity index (χ4n) is 3.83. The van der Waals surface area contributed by atoms with Crippen molar-refractivity contribution in [3.05, 3.63) is 82.5 Å². The van der Waals surface area contributed by atoms with Gasteiger partial charge in [-0.25, -0.2) is 9.67 Å². The number of rotatable bonds is 5. The van der Waals surface area contributed by atoms with E-state index in [0.29, 0.717) is 29.9 Å². The minimum atomic E-state index is -0.263. The van der Waals surface area contributed by atoms with Gasteiger partial charge in [0, 0.05) is 24.8 Å². The van der Waals surface area contributed by atoms with Crippen LogP contribution in [-0.4, -0.2) is 32.3 Å². The van der Waals surface area contributed by atoms with Gasteiger partial charge in [0.15, 0.2) is 5.65 Å². The number of benzene rings is 2. The van der Waals surface area contributed by atoms with Gasteiger partial charge in [-0.2, -0.15) is 5.10 Å². The highest BCUT2D eigenvalue weighted by molar-refractivity contribution is 5.77. The second kappa shape index (κ2) is 8.06. The number of H-pyrrole nitrogens is 1. The number of aromatic nitrogens is 4. The molecule has 2 aromatic carbocycles. The van der Waals surface area contributed by atoms with Crippen LogP contribution in [0.3, 0.4) is 0 Å². The molecular formula is C23H21N5O3. The number of aryl methyl sites for hydroxylation is 1. The van der Waals surface area contributed by atoms with Crippen molar-refractivity contribution in [1.82, 2.24) is 25.1 Å². The van der Waals surface area contributed by atoms with E-state index in [4.69, 9.17) is 4.74 Å². The van der Waals surface area contributed by atoms with Gasteiger partial charge in [-0.1, -0.05) is 36.4 Å². The zero-order valence-corrected chi connectivity index (χ0v) is 16.7. The van der Waals surface area contributed by atoms with Gasteiger partial charge in [-0.05, 0) is 18.2 Å². The van der Waals surface area contributed by atoms with Gasteiger partial charge >= 0.3 is 0 Å². The number of nitrogens with zero attached hydrogens (tertiary/aromatic N) is 3. The molecule has 3 heterocycles. The van der Waals surface area contributed by atoms with Gasteiger partial charge in [0.2, 0.25) is 5.91 Å². The van der Waals surface area contributed by atoms with E-state index in [9.17, 15) is 9.59 Å². The van der Waals surface area contributed by atoms with Crippen LogP contribution >= 0.6 is 0 Å². The summed E-state index contributed by atoms with van der Waals surface area (Å²) in [5.41, 5.74) is 2.02. The highest BCUT2D eigenvalue weighted by atomic mass is 16.5.